The third kappa shape index (κ3) is 2.50. The molecule has 0 heterocycles. The fourth-order valence-electron chi connectivity index (χ4n) is 1.19. The first-order chi connectivity index (χ1) is 7.08. The molecule has 0 fully saturated rings. The van der Waals surface area contributed by atoms with Crippen LogP contribution in [-0.2, 0) is 0 Å². The summed E-state index contributed by atoms with van der Waals surface area (Å²) in [7, 11) is 0. The lowest BCUT2D eigenvalue weighted by Gasteiger charge is -2.09. The van der Waals surface area contributed by atoms with Crippen LogP contribution in [0.3, 0.4) is 0 Å². The van der Waals surface area contributed by atoms with Gasteiger partial charge in [-0.05, 0) is 24.6 Å². The van der Waals surface area contributed by atoms with Gasteiger partial charge < -0.3 is 4.74 Å². The van der Waals surface area contributed by atoms with Crippen molar-refractivity contribution < 1.29 is 18.3 Å². The van der Waals surface area contributed by atoms with E-state index in [4.69, 9.17) is 5.26 Å². The fourth-order valence-corrected chi connectivity index (χ4v) is 1.19. The minimum atomic E-state index is -3.06. The fraction of sp³-hybridized carbons (Fsp3) is 0.200. The number of hydrogen-bond acceptors (Lipinski definition) is 3. The molecular formula is C10H7F2NO2. The number of hydrogen-bond donors (Lipinski definition) is 0. The van der Waals surface area contributed by atoms with Gasteiger partial charge in [-0.25, -0.2) is 0 Å². The lowest BCUT2D eigenvalue weighted by Crippen LogP contribution is -2.06. The van der Waals surface area contributed by atoms with E-state index in [0.717, 1.165) is 0 Å². The zero-order valence-electron chi connectivity index (χ0n) is 7.83. The molecule has 78 valence electrons. The maximum atomic E-state index is 12.0. The third-order valence-corrected chi connectivity index (χ3v) is 1.72. The van der Waals surface area contributed by atoms with Gasteiger partial charge in [0.15, 0.2) is 12.0 Å². The molecule has 0 N–H and O–H groups in total. The Hall–Kier alpha value is -1.96. The standard InChI is InChI=1S/C10H7F2NO2/c1-6-2-7(4-13)9(15-10(11)12)8(3-6)5-14/h2-3,5,10H,1H3. The van der Waals surface area contributed by atoms with Crippen molar-refractivity contribution in [3.05, 3.63) is 28.8 Å². The van der Waals surface area contributed by atoms with Crippen LogP contribution >= 0.6 is 0 Å². The van der Waals surface area contributed by atoms with Gasteiger partial charge in [0.2, 0.25) is 0 Å². The van der Waals surface area contributed by atoms with Crippen LogP contribution in [0.2, 0.25) is 0 Å². The van der Waals surface area contributed by atoms with E-state index in [1.54, 1.807) is 13.0 Å². The molecule has 0 spiro atoms. The summed E-state index contributed by atoms with van der Waals surface area (Å²) >= 11 is 0. The molecule has 1 aromatic carbocycles. The van der Waals surface area contributed by atoms with Gasteiger partial charge in [-0.15, -0.1) is 0 Å². The largest absolute Gasteiger partial charge is 0.433 e. The maximum Gasteiger partial charge on any atom is 0.387 e. The summed E-state index contributed by atoms with van der Waals surface area (Å²) in [5, 5.41) is 8.68. The highest BCUT2D eigenvalue weighted by Gasteiger charge is 2.14. The molecule has 0 saturated heterocycles. The Kier molecular flexibility index (Phi) is 3.34. The van der Waals surface area contributed by atoms with Crippen molar-refractivity contribution in [1.82, 2.24) is 0 Å². The average Bonchev–Trinajstić information content (AvgIpc) is 2.19. The van der Waals surface area contributed by atoms with Crippen molar-refractivity contribution in [1.29, 1.82) is 5.26 Å². The summed E-state index contributed by atoms with van der Waals surface area (Å²) in [6, 6.07) is 4.46. The Morgan fingerprint density at radius 3 is 2.67 bits per heavy atom. The van der Waals surface area contributed by atoms with Crippen LogP contribution in [0, 0.1) is 18.3 Å². The molecule has 0 radical (unpaired) electrons. The van der Waals surface area contributed by atoms with Gasteiger partial charge in [0, 0.05) is 0 Å². The van der Waals surface area contributed by atoms with E-state index >= 15 is 0 Å². The molecule has 0 atom stereocenters. The van der Waals surface area contributed by atoms with E-state index in [0.29, 0.717) is 11.8 Å². The molecule has 15 heavy (non-hydrogen) atoms. The number of nitriles is 1. The molecule has 0 saturated carbocycles. The van der Waals surface area contributed by atoms with Crippen LogP contribution in [0.1, 0.15) is 21.5 Å². The summed E-state index contributed by atoms with van der Waals surface area (Å²) in [6.07, 6.45) is 0.381. The van der Waals surface area contributed by atoms with Gasteiger partial charge in [-0.3, -0.25) is 4.79 Å². The van der Waals surface area contributed by atoms with Gasteiger partial charge >= 0.3 is 6.61 Å². The first kappa shape index (κ1) is 11.1. The molecular weight excluding hydrogens is 204 g/mol. The lowest BCUT2D eigenvalue weighted by atomic mass is 10.1. The van der Waals surface area contributed by atoms with E-state index in [-0.39, 0.29) is 16.9 Å². The quantitative estimate of drug-likeness (QED) is 0.720. The lowest BCUT2D eigenvalue weighted by molar-refractivity contribution is -0.0502. The van der Waals surface area contributed by atoms with Crippen molar-refractivity contribution in [3.8, 4) is 11.8 Å². The minimum Gasteiger partial charge on any atom is -0.433 e. The Balaban J connectivity index is 3.32. The van der Waals surface area contributed by atoms with Crippen molar-refractivity contribution in [3.63, 3.8) is 0 Å². The summed E-state index contributed by atoms with van der Waals surface area (Å²) in [5.74, 6) is -0.367. The van der Waals surface area contributed by atoms with Crippen LogP contribution < -0.4 is 4.74 Å². The zero-order chi connectivity index (χ0) is 11.4. The number of ether oxygens (including phenoxy) is 1. The minimum absolute atomic E-state index is 0.0492. The highest BCUT2D eigenvalue weighted by Crippen LogP contribution is 2.25. The molecule has 0 aromatic heterocycles. The van der Waals surface area contributed by atoms with Crippen molar-refractivity contribution in [2.24, 2.45) is 0 Å². The number of rotatable bonds is 3. The number of aldehydes is 1. The number of carbonyl (C=O) groups excluding carboxylic acids is 1. The highest BCUT2D eigenvalue weighted by molar-refractivity contribution is 5.81. The summed E-state index contributed by atoms with van der Waals surface area (Å²) in [4.78, 5) is 10.6. The van der Waals surface area contributed by atoms with Gasteiger partial charge in [-0.2, -0.15) is 14.0 Å². The second kappa shape index (κ2) is 4.51. The molecule has 0 aliphatic heterocycles. The summed E-state index contributed by atoms with van der Waals surface area (Å²) in [6.45, 7) is -1.40. The molecule has 3 nitrogen and oxygen atoms in total. The SMILES string of the molecule is Cc1cc(C#N)c(OC(F)F)c(C=O)c1. The third-order valence-electron chi connectivity index (χ3n) is 1.72. The maximum absolute atomic E-state index is 12.0. The van der Waals surface area contributed by atoms with Crippen LogP contribution in [0.15, 0.2) is 12.1 Å². The molecule has 0 bridgehead atoms. The van der Waals surface area contributed by atoms with Gasteiger partial charge in [0.1, 0.15) is 6.07 Å². The number of halogens is 2. The summed E-state index contributed by atoms with van der Waals surface area (Å²) < 4.78 is 28.1. The molecule has 0 amide bonds. The van der Waals surface area contributed by atoms with E-state index in [1.165, 1.54) is 12.1 Å². The molecule has 0 unspecified atom stereocenters. The first-order valence-corrected chi connectivity index (χ1v) is 4.03. The normalized spacial score (nSPS) is 9.80. The molecule has 1 aromatic rings. The second-order valence-electron chi connectivity index (χ2n) is 2.84. The number of alkyl halides is 2. The number of aryl methyl sites for hydroxylation is 1. The monoisotopic (exact) mass is 211 g/mol. The number of nitrogens with zero attached hydrogens (tertiary/aromatic N) is 1. The van der Waals surface area contributed by atoms with E-state index in [2.05, 4.69) is 4.74 Å². The average molecular weight is 211 g/mol. The smallest absolute Gasteiger partial charge is 0.387 e. The van der Waals surface area contributed by atoms with Gasteiger partial charge in [-0.1, -0.05) is 0 Å². The Morgan fingerprint density at radius 1 is 1.53 bits per heavy atom. The highest BCUT2D eigenvalue weighted by atomic mass is 19.3. The van der Waals surface area contributed by atoms with Gasteiger partial charge in [0.25, 0.3) is 0 Å². The first-order valence-electron chi connectivity index (χ1n) is 4.03. The number of carbonyl (C=O) groups is 1. The van der Waals surface area contributed by atoms with Crippen LogP contribution in [-0.4, -0.2) is 12.9 Å². The van der Waals surface area contributed by atoms with Crippen molar-refractivity contribution in [2.45, 2.75) is 13.5 Å². The van der Waals surface area contributed by atoms with E-state index in [9.17, 15) is 13.6 Å². The molecule has 5 heteroatoms. The Morgan fingerprint density at radius 2 is 2.20 bits per heavy atom. The Bertz CT molecular complexity index is 424. The predicted molar refractivity (Wildman–Crippen MR) is 47.9 cm³/mol. The summed E-state index contributed by atoms with van der Waals surface area (Å²) in [5.41, 5.74) is 0.513. The Labute approximate surface area is 84.9 Å². The zero-order valence-corrected chi connectivity index (χ0v) is 7.83. The topological polar surface area (TPSA) is 50.1 Å². The van der Waals surface area contributed by atoms with Crippen LogP contribution in [0.25, 0.3) is 0 Å². The molecule has 1 rings (SSSR count). The van der Waals surface area contributed by atoms with Crippen LogP contribution in [0.5, 0.6) is 5.75 Å². The molecule has 0 aliphatic rings. The second-order valence-corrected chi connectivity index (χ2v) is 2.84. The van der Waals surface area contributed by atoms with Crippen molar-refractivity contribution in [2.75, 3.05) is 0 Å². The van der Waals surface area contributed by atoms with Gasteiger partial charge in [0.05, 0.1) is 11.1 Å². The van der Waals surface area contributed by atoms with E-state index < -0.39 is 6.61 Å². The van der Waals surface area contributed by atoms with Crippen LogP contribution in [0.4, 0.5) is 8.78 Å². The predicted octanol–water partition coefficient (Wildman–Crippen LogP) is 2.28. The molecule has 0 aliphatic carbocycles. The number of benzene rings is 1. The van der Waals surface area contributed by atoms with E-state index in [1.807, 2.05) is 0 Å². The van der Waals surface area contributed by atoms with Crippen molar-refractivity contribution >= 4 is 6.29 Å².